The molecule has 2 saturated heterocycles. The van der Waals surface area contributed by atoms with Gasteiger partial charge < -0.3 is 19.1 Å². The lowest BCUT2D eigenvalue weighted by Crippen LogP contribution is -2.46. The van der Waals surface area contributed by atoms with Gasteiger partial charge in [0, 0.05) is 31.0 Å². The third-order valence-electron chi connectivity index (χ3n) is 8.52. The molecule has 2 aromatic carbocycles. The van der Waals surface area contributed by atoms with Gasteiger partial charge >= 0.3 is 12.3 Å². The number of hydrogen-bond donors (Lipinski definition) is 0. The van der Waals surface area contributed by atoms with Crippen LogP contribution in [-0.4, -0.2) is 63.3 Å². The van der Waals surface area contributed by atoms with Gasteiger partial charge in [-0.05, 0) is 93.3 Å². The molecule has 0 radical (unpaired) electrons. The lowest BCUT2D eigenvalue weighted by atomic mass is 9.88. The smallest absolute Gasteiger partial charge is 0.410 e. The van der Waals surface area contributed by atoms with Gasteiger partial charge in [-0.1, -0.05) is 36.4 Å². The van der Waals surface area contributed by atoms with Gasteiger partial charge in [-0.3, -0.25) is 0 Å². The summed E-state index contributed by atoms with van der Waals surface area (Å²) in [6.07, 6.45) is -1.51. The summed E-state index contributed by atoms with van der Waals surface area (Å²) in [4.78, 5) is 18.7. The molecule has 260 valence electrons. The molecule has 0 N–H and O–H groups in total. The number of alkyl halides is 3. The van der Waals surface area contributed by atoms with Crippen LogP contribution in [-0.2, 0) is 9.47 Å². The molecule has 0 aliphatic carbocycles. The summed E-state index contributed by atoms with van der Waals surface area (Å²) in [5.74, 6) is -0.455. The Morgan fingerprint density at radius 1 is 0.959 bits per heavy atom. The van der Waals surface area contributed by atoms with Crippen LogP contribution in [0.5, 0.6) is 5.88 Å². The predicted molar refractivity (Wildman–Crippen MR) is 177 cm³/mol. The number of piperidine rings is 1. The Balaban J connectivity index is 1.37. The van der Waals surface area contributed by atoms with Crippen LogP contribution in [0.3, 0.4) is 0 Å². The summed E-state index contributed by atoms with van der Waals surface area (Å²) >= 11 is 0. The van der Waals surface area contributed by atoms with Gasteiger partial charge in [-0.15, -0.1) is 5.10 Å². The summed E-state index contributed by atoms with van der Waals surface area (Å²) in [7, 11) is 0. The molecule has 12 heteroatoms. The lowest BCUT2D eigenvalue weighted by Gasteiger charge is -2.34. The van der Waals surface area contributed by atoms with Crippen molar-refractivity contribution >= 4 is 28.1 Å². The Bertz CT molecular complexity index is 1790. The Labute approximate surface area is 282 Å². The fourth-order valence-corrected chi connectivity index (χ4v) is 6.38. The van der Waals surface area contributed by atoms with E-state index in [0.29, 0.717) is 54.7 Å². The minimum absolute atomic E-state index is 0.0200. The van der Waals surface area contributed by atoms with Crippen molar-refractivity contribution < 1.29 is 36.6 Å². The molecule has 0 spiro atoms. The summed E-state index contributed by atoms with van der Waals surface area (Å²) < 4.78 is 77.1. The number of aromatic nitrogens is 3. The van der Waals surface area contributed by atoms with Crippen molar-refractivity contribution in [3.05, 3.63) is 89.5 Å². The summed E-state index contributed by atoms with van der Waals surface area (Å²) in [6.45, 7) is 6.84. The van der Waals surface area contributed by atoms with Crippen LogP contribution in [0.15, 0.2) is 66.9 Å². The molecular formula is C37H40F4N4O4. The second kappa shape index (κ2) is 14.2. The second-order valence-electron chi connectivity index (χ2n) is 13.5. The minimum atomic E-state index is -4.54. The number of pyridine rings is 1. The Morgan fingerprint density at radius 2 is 1.73 bits per heavy atom. The van der Waals surface area contributed by atoms with Crippen LogP contribution in [0.1, 0.15) is 82.2 Å². The number of benzene rings is 2. The van der Waals surface area contributed by atoms with Gasteiger partial charge in [-0.25, -0.2) is 14.5 Å². The number of hydrogen-bond acceptors (Lipinski definition) is 6. The van der Waals surface area contributed by atoms with Crippen LogP contribution < -0.4 is 4.74 Å². The first-order chi connectivity index (χ1) is 23.3. The van der Waals surface area contributed by atoms with Crippen LogP contribution in [0.25, 0.3) is 22.0 Å². The maximum atomic E-state index is 15.4. The normalized spacial score (nSPS) is 19.4. The molecule has 6 rings (SSSR count). The van der Waals surface area contributed by atoms with Crippen LogP contribution in [0.4, 0.5) is 22.4 Å². The maximum absolute atomic E-state index is 15.4. The van der Waals surface area contributed by atoms with E-state index in [1.807, 2.05) is 20.8 Å². The number of fused-ring (bicyclic) bond motifs is 1. The van der Waals surface area contributed by atoms with E-state index in [2.05, 4.69) is 10.1 Å². The van der Waals surface area contributed by atoms with E-state index in [1.54, 1.807) is 65.6 Å². The first-order valence-corrected chi connectivity index (χ1v) is 16.6. The zero-order valence-corrected chi connectivity index (χ0v) is 27.8. The highest BCUT2D eigenvalue weighted by Crippen LogP contribution is 2.41. The van der Waals surface area contributed by atoms with E-state index in [-0.39, 0.29) is 28.5 Å². The topological polar surface area (TPSA) is 78.7 Å². The van der Waals surface area contributed by atoms with E-state index >= 15 is 4.39 Å². The van der Waals surface area contributed by atoms with E-state index in [0.717, 1.165) is 19.3 Å². The molecule has 2 fully saturated rings. The molecule has 1 amide bonds. The number of likely N-dealkylation sites (tertiary alicyclic amines) is 1. The number of ether oxygens (including phenoxy) is 3. The van der Waals surface area contributed by atoms with Crippen molar-refractivity contribution in [2.75, 3.05) is 19.7 Å². The van der Waals surface area contributed by atoms with E-state index in [4.69, 9.17) is 14.2 Å². The molecule has 49 heavy (non-hydrogen) atoms. The molecule has 4 heterocycles. The lowest BCUT2D eigenvalue weighted by molar-refractivity contribution is -0.122. The number of allylic oxidation sites excluding steroid dienone is 1. The third-order valence-corrected chi connectivity index (χ3v) is 8.52. The Kier molecular flexibility index (Phi) is 9.96. The summed E-state index contributed by atoms with van der Waals surface area (Å²) in [5, 5.41) is 4.30. The zero-order chi connectivity index (χ0) is 34.8. The van der Waals surface area contributed by atoms with E-state index < -0.39 is 36.5 Å². The highest BCUT2D eigenvalue weighted by Gasteiger charge is 2.33. The van der Waals surface area contributed by atoms with Gasteiger partial charge in [0.15, 0.2) is 6.23 Å². The highest BCUT2D eigenvalue weighted by atomic mass is 19.4. The molecule has 2 atom stereocenters. The van der Waals surface area contributed by atoms with Crippen LogP contribution in [0, 0.1) is 5.95 Å². The Hall–Kier alpha value is -4.45. The SMILES string of the molecule is CC(C)(C)OC(=O)N1CCC[C@H](Oc2ccc(/C(=C(/CC(F)(F)F)c3ccccc3)c3ccc4c(c3)c(F)nn4C3CCCCO3)cn2)C1. The van der Waals surface area contributed by atoms with E-state index in [9.17, 15) is 18.0 Å². The Morgan fingerprint density at radius 3 is 2.41 bits per heavy atom. The number of carbonyl (C=O) groups excluding carboxylic acids is 1. The maximum Gasteiger partial charge on any atom is 0.410 e. The average Bonchev–Trinajstić information content (AvgIpc) is 3.40. The highest BCUT2D eigenvalue weighted by molar-refractivity contribution is 6.00. The molecule has 0 saturated carbocycles. The average molecular weight is 681 g/mol. The fraction of sp³-hybridized carbons (Fsp3) is 0.432. The van der Waals surface area contributed by atoms with Gasteiger partial charge in [-0.2, -0.15) is 17.6 Å². The molecular weight excluding hydrogens is 640 g/mol. The zero-order valence-electron chi connectivity index (χ0n) is 27.8. The summed E-state index contributed by atoms with van der Waals surface area (Å²) in [5.41, 5.74) is 1.32. The number of halogens is 4. The molecule has 2 aliphatic rings. The molecule has 0 bridgehead atoms. The van der Waals surface area contributed by atoms with Crippen LogP contribution >= 0.6 is 0 Å². The van der Waals surface area contributed by atoms with Crippen molar-refractivity contribution in [2.24, 2.45) is 0 Å². The van der Waals surface area contributed by atoms with Crippen molar-refractivity contribution in [3.63, 3.8) is 0 Å². The van der Waals surface area contributed by atoms with Gasteiger partial charge in [0.1, 0.15) is 11.7 Å². The van der Waals surface area contributed by atoms with Gasteiger partial charge in [0.2, 0.25) is 11.8 Å². The number of amides is 1. The monoisotopic (exact) mass is 680 g/mol. The number of nitrogens with zero attached hydrogens (tertiary/aromatic N) is 4. The van der Waals surface area contributed by atoms with Gasteiger partial charge in [0.25, 0.3) is 0 Å². The second-order valence-corrected chi connectivity index (χ2v) is 13.5. The quantitative estimate of drug-likeness (QED) is 0.143. The van der Waals surface area contributed by atoms with Crippen molar-refractivity contribution in [2.45, 2.75) is 83.4 Å². The first-order valence-electron chi connectivity index (χ1n) is 16.6. The van der Waals surface area contributed by atoms with Crippen LogP contribution in [0.2, 0.25) is 0 Å². The first kappa shape index (κ1) is 34.4. The molecule has 1 unspecified atom stereocenters. The van der Waals surface area contributed by atoms with Crippen molar-refractivity contribution in [1.29, 1.82) is 0 Å². The van der Waals surface area contributed by atoms with Crippen molar-refractivity contribution in [1.82, 2.24) is 19.7 Å². The molecule has 2 aliphatic heterocycles. The molecule has 4 aromatic rings. The summed E-state index contributed by atoms with van der Waals surface area (Å²) in [6, 6.07) is 16.5. The molecule has 2 aromatic heterocycles. The predicted octanol–water partition coefficient (Wildman–Crippen LogP) is 8.96. The third kappa shape index (κ3) is 8.41. The van der Waals surface area contributed by atoms with Crippen molar-refractivity contribution in [3.8, 4) is 5.88 Å². The van der Waals surface area contributed by atoms with Gasteiger partial charge in [0.05, 0.1) is 23.9 Å². The minimum Gasteiger partial charge on any atom is -0.472 e. The number of carbonyl (C=O) groups is 1. The van der Waals surface area contributed by atoms with E-state index in [1.165, 1.54) is 10.9 Å². The standard InChI is InChI=1S/C37H40F4N4O4/c1-36(2,3)49-35(46)44-18-9-12-27(23-44)48-31-17-15-26(22-42-31)33(29(21-37(39,40)41)24-10-5-4-6-11-24)25-14-16-30-28(20-25)34(38)43-45(30)32-13-7-8-19-47-32/h4-6,10-11,14-17,20,22,27,32H,7-9,12-13,18-19,21,23H2,1-3H3/b33-29-/t27-,32?/m0/s1. The molecule has 8 nitrogen and oxygen atoms in total. The fourth-order valence-electron chi connectivity index (χ4n) is 6.38. The largest absolute Gasteiger partial charge is 0.472 e. The number of rotatable bonds is 7.